The molecule has 0 aromatic rings. The third kappa shape index (κ3) is 11.4. The van der Waals surface area contributed by atoms with Gasteiger partial charge in [0.1, 0.15) is 0 Å². The minimum atomic E-state index is 1.09. The molecule has 0 spiro atoms. The van der Waals surface area contributed by atoms with Gasteiger partial charge in [0.05, 0.1) is 0 Å². The lowest BCUT2D eigenvalue weighted by molar-refractivity contribution is 0.907. The Labute approximate surface area is 114 Å². The Hall–Kier alpha value is -1.04. The molecule has 0 N–H and O–H groups in total. The maximum absolute atomic E-state index is 3.74. The van der Waals surface area contributed by atoms with E-state index in [0.717, 1.165) is 12.8 Å². The third-order valence-corrected chi connectivity index (χ3v) is 2.99. The standard InChI is InChI=1S/C18H30/c1-6-7-8-12-17(4)14-10-15-18(5)13-9-11-16(2)3/h6,11-12,15H,1,7-10,13-14H2,2-5H3/b17-12-,18-15-. The summed E-state index contributed by atoms with van der Waals surface area (Å²) in [6, 6.07) is 0. The highest BCUT2D eigenvalue weighted by Gasteiger charge is 1.91. The van der Waals surface area contributed by atoms with E-state index in [0.29, 0.717) is 0 Å². The minimum Gasteiger partial charge on any atom is -0.103 e. The zero-order valence-corrected chi connectivity index (χ0v) is 12.8. The summed E-state index contributed by atoms with van der Waals surface area (Å²) in [4.78, 5) is 0. The van der Waals surface area contributed by atoms with Crippen molar-refractivity contribution in [3.05, 3.63) is 47.6 Å². The molecular weight excluding hydrogens is 216 g/mol. The van der Waals surface area contributed by atoms with Crippen molar-refractivity contribution in [2.45, 2.75) is 66.2 Å². The zero-order valence-electron chi connectivity index (χ0n) is 12.8. The van der Waals surface area contributed by atoms with Gasteiger partial charge in [-0.15, -0.1) is 6.58 Å². The van der Waals surface area contributed by atoms with Gasteiger partial charge in [0.2, 0.25) is 0 Å². The third-order valence-electron chi connectivity index (χ3n) is 2.99. The molecule has 0 heterocycles. The average Bonchev–Trinajstić information content (AvgIpc) is 2.29. The first kappa shape index (κ1) is 17.0. The van der Waals surface area contributed by atoms with Crippen molar-refractivity contribution < 1.29 is 0 Å². The highest BCUT2D eigenvalue weighted by molar-refractivity contribution is 5.05. The molecule has 0 rings (SSSR count). The molecule has 0 unspecified atom stereocenters. The topological polar surface area (TPSA) is 0 Å². The Morgan fingerprint density at radius 3 is 1.72 bits per heavy atom. The number of allylic oxidation sites excluding steroid dienone is 7. The van der Waals surface area contributed by atoms with Crippen LogP contribution in [-0.2, 0) is 0 Å². The molecule has 0 radical (unpaired) electrons. The Morgan fingerprint density at radius 1 is 0.722 bits per heavy atom. The van der Waals surface area contributed by atoms with Crippen molar-refractivity contribution in [1.82, 2.24) is 0 Å². The molecular formula is C18H30. The first-order chi connectivity index (χ1) is 8.56. The van der Waals surface area contributed by atoms with Gasteiger partial charge in [-0.1, -0.05) is 41.0 Å². The fourth-order valence-electron chi connectivity index (χ4n) is 1.79. The van der Waals surface area contributed by atoms with E-state index < -0.39 is 0 Å². The number of unbranched alkanes of at least 4 members (excludes halogenated alkanes) is 1. The lowest BCUT2D eigenvalue weighted by atomic mass is 10.1. The molecule has 0 aliphatic heterocycles. The molecule has 102 valence electrons. The van der Waals surface area contributed by atoms with Crippen LogP contribution >= 0.6 is 0 Å². The van der Waals surface area contributed by atoms with E-state index in [4.69, 9.17) is 0 Å². The van der Waals surface area contributed by atoms with Crippen LogP contribution in [0.1, 0.15) is 66.2 Å². The molecule has 0 nitrogen and oxygen atoms in total. The molecule has 0 heteroatoms. The number of hydrogen-bond acceptors (Lipinski definition) is 0. The Kier molecular flexibility index (Phi) is 10.4. The molecule has 0 bridgehead atoms. The second-order valence-corrected chi connectivity index (χ2v) is 5.33. The second kappa shape index (κ2) is 11.1. The molecule has 0 fully saturated rings. The summed E-state index contributed by atoms with van der Waals surface area (Å²) in [5.41, 5.74) is 4.44. The molecule has 0 aliphatic carbocycles. The molecule has 0 aromatic carbocycles. The highest BCUT2D eigenvalue weighted by atomic mass is 14.0. The van der Waals surface area contributed by atoms with Gasteiger partial charge in [-0.2, -0.15) is 0 Å². The number of rotatable bonds is 9. The van der Waals surface area contributed by atoms with Gasteiger partial charge in [0.15, 0.2) is 0 Å². The van der Waals surface area contributed by atoms with Crippen molar-refractivity contribution in [3.63, 3.8) is 0 Å². The van der Waals surface area contributed by atoms with Gasteiger partial charge in [0, 0.05) is 0 Å². The van der Waals surface area contributed by atoms with Gasteiger partial charge in [-0.3, -0.25) is 0 Å². The fourth-order valence-corrected chi connectivity index (χ4v) is 1.79. The summed E-state index contributed by atoms with van der Waals surface area (Å²) in [5.74, 6) is 0. The van der Waals surface area contributed by atoms with E-state index in [2.05, 4.69) is 52.5 Å². The predicted octanol–water partition coefficient (Wildman–Crippen LogP) is 6.37. The van der Waals surface area contributed by atoms with Crippen LogP contribution in [0.2, 0.25) is 0 Å². The molecule has 0 saturated heterocycles. The van der Waals surface area contributed by atoms with Crippen molar-refractivity contribution >= 4 is 0 Å². The monoisotopic (exact) mass is 246 g/mol. The lowest BCUT2D eigenvalue weighted by Gasteiger charge is -2.01. The summed E-state index contributed by atoms with van der Waals surface area (Å²) < 4.78 is 0. The number of hydrogen-bond donors (Lipinski definition) is 0. The SMILES string of the molecule is C=CCC/C=C(/C)CC/C=C(/C)CCC=C(C)C. The molecule has 0 aromatic heterocycles. The van der Waals surface area contributed by atoms with Crippen LogP contribution in [0.5, 0.6) is 0 Å². The van der Waals surface area contributed by atoms with Crippen LogP contribution < -0.4 is 0 Å². The molecule has 0 aliphatic rings. The van der Waals surface area contributed by atoms with Crippen LogP contribution in [-0.4, -0.2) is 0 Å². The van der Waals surface area contributed by atoms with Crippen LogP contribution in [0.4, 0.5) is 0 Å². The van der Waals surface area contributed by atoms with Gasteiger partial charge < -0.3 is 0 Å². The van der Waals surface area contributed by atoms with Crippen molar-refractivity contribution in [1.29, 1.82) is 0 Å². The minimum absolute atomic E-state index is 1.09. The average molecular weight is 246 g/mol. The molecule has 0 saturated carbocycles. The molecule has 0 amide bonds. The largest absolute Gasteiger partial charge is 0.103 e. The van der Waals surface area contributed by atoms with Crippen molar-refractivity contribution in [2.24, 2.45) is 0 Å². The van der Waals surface area contributed by atoms with Crippen LogP contribution in [0.3, 0.4) is 0 Å². The quantitative estimate of drug-likeness (QED) is 0.327. The Bertz CT molecular complexity index is 309. The van der Waals surface area contributed by atoms with Gasteiger partial charge in [-0.25, -0.2) is 0 Å². The normalized spacial score (nSPS) is 12.4. The van der Waals surface area contributed by atoms with E-state index >= 15 is 0 Å². The summed E-state index contributed by atoms with van der Waals surface area (Å²) in [6.45, 7) is 12.5. The van der Waals surface area contributed by atoms with E-state index in [1.807, 2.05) is 6.08 Å². The van der Waals surface area contributed by atoms with Gasteiger partial charge >= 0.3 is 0 Å². The van der Waals surface area contributed by atoms with E-state index in [-0.39, 0.29) is 0 Å². The molecule has 18 heavy (non-hydrogen) atoms. The molecule has 0 atom stereocenters. The lowest BCUT2D eigenvalue weighted by Crippen LogP contribution is -1.81. The first-order valence-electron chi connectivity index (χ1n) is 7.11. The van der Waals surface area contributed by atoms with E-state index in [1.54, 1.807) is 0 Å². The first-order valence-corrected chi connectivity index (χ1v) is 7.11. The van der Waals surface area contributed by atoms with Crippen LogP contribution in [0.15, 0.2) is 47.6 Å². The predicted molar refractivity (Wildman–Crippen MR) is 84.8 cm³/mol. The summed E-state index contributed by atoms with van der Waals surface area (Å²) in [5, 5.41) is 0. The second-order valence-electron chi connectivity index (χ2n) is 5.33. The maximum atomic E-state index is 3.74. The summed E-state index contributed by atoms with van der Waals surface area (Å²) >= 11 is 0. The fraction of sp³-hybridized carbons (Fsp3) is 0.556. The van der Waals surface area contributed by atoms with Crippen molar-refractivity contribution in [3.8, 4) is 0 Å². The van der Waals surface area contributed by atoms with E-state index in [1.165, 1.54) is 42.4 Å². The summed E-state index contributed by atoms with van der Waals surface area (Å²) in [7, 11) is 0. The summed E-state index contributed by atoms with van der Waals surface area (Å²) in [6.07, 6.45) is 16.0. The highest BCUT2D eigenvalue weighted by Crippen LogP contribution is 2.12. The Morgan fingerprint density at radius 2 is 1.22 bits per heavy atom. The smallest absolute Gasteiger partial charge is 0.0288 e. The zero-order chi connectivity index (χ0) is 13.8. The van der Waals surface area contributed by atoms with Gasteiger partial charge in [-0.05, 0) is 66.2 Å². The van der Waals surface area contributed by atoms with Crippen molar-refractivity contribution in [2.75, 3.05) is 0 Å². The van der Waals surface area contributed by atoms with E-state index in [9.17, 15) is 0 Å². The maximum Gasteiger partial charge on any atom is -0.0288 e. The van der Waals surface area contributed by atoms with Crippen LogP contribution in [0, 0.1) is 0 Å². The Balaban J connectivity index is 3.82. The van der Waals surface area contributed by atoms with Crippen LogP contribution in [0.25, 0.3) is 0 Å². The van der Waals surface area contributed by atoms with Gasteiger partial charge in [0.25, 0.3) is 0 Å².